The normalized spacial score (nSPS) is 10.6. The first-order chi connectivity index (χ1) is 18.7. The maximum Gasteiger partial charge on any atom is 0.311 e. The third kappa shape index (κ3) is 12.1. The predicted octanol–water partition coefficient (Wildman–Crippen LogP) is 6.88. The van der Waals surface area contributed by atoms with Crippen LogP contribution in [0.15, 0.2) is 36.4 Å². The van der Waals surface area contributed by atoms with Gasteiger partial charge in [-0.15, -0.1) is 0 Å². The van der Waals surface area contributed by atoms with Gasteiger partial charge >= 0.3 is 17.9 Å². The van der Waals surface area contributed by atoms with E-state index in [9.17, 15) is 24.3 Å². The third-order valence-electron chi connectivity index (χ3n) is 6.16. The molecule has 0 radical (unpaired) electrons. The molecular formula is C31H40O8. The molecule has 0 aliphatic carbocycles. The molecular weight excluding hydrogens is 500 g/mol. The van der Waals surface area contributed by atoms with Crippen molar-refractivity contribution in [3.8, 4) is 23.0 Å². The summed E-state index contributed by atoms with van der Waals surface area (Å²) in [6.07, 6.45) is 10.9. The van der Waals surface area contributed by atoms with Gasteiger partial charge in [-0.2, -0.15) is 0 Å². The van der Waals surface area contributed by atoms with Crippen LogP contribution >= 0.6 is 0 Å². The Labute approximate surface area is 230 Å². The molecule has 0 amide bonds. The van der Waals surface area contributed by atoms with Crippen molar-refractivity contribution in [1.82, 2.24) is 0 Å². The second kappa shape index (κ2) is 17.0. The van der Waals surface area contributed by atoms with E-state index < -0.39 is 11.9 Å². The van der Waals surface area contributed by atoms with E-state index in [-0.39, 0.29) is 53.2 Å². The number of ether oxygens (including phenoxy) is 3. The van der Waals surface area contributed by atoms with Crippen molar-refractivity contribution in [2.45, 2.75) is 97.8 Å². The Morgan fingerprint density at radius 3 is 1.90 bits per heavy atom. The molecule has 8 nitrogen and oxygen atoms in total. The number of unbranched alkanes of at least 4 members (excludes halogenated alkanes) is 8. The zero-order chi connectivity index (χ0) is 28.6. The first-order valence-electron chi connectivity index (χ1n) is 13.8. The highest BCUT2D eigenvalue weighted by Crippen LogP contribution is 2.29. The lowest BCUT2D eigenvalue weighted by Gasteiger charge is -2.11. The quantitative estimate of drug-likeness (QED) is 0.0998. The monoisotopic (exact) mass is 540 g/mol. The summed E-state index contributed by atoms with van der Waals surface area (Å²) >= 11 is 0. The van der Waals surface area contributed by atoms with Gasteiger partial charge in [0.15, 0.2) is 5.78 Å². The Morgan fingerprint density at radius 2 is 1.28 bits per heavy atom. The van der Waals surface area contributed by atoms with E-state index in [4.69, 9.17) is 14.2 Å². The highest BCUT2D eigenvalue weighted by Gasteiger charge is 2.16. The van der Waals surface area contributed by atoms with Gasteiger partial charge in [0.25, 0.3) is 0 Å². The molecule has 0 aromatic heterocycles. The number of benzene rings is 2. The van der Waals surface area contributed by atoms with E-state index in [1.807, 2.05) is 0 Å². The molecule has 212 valence electrons. The number of carbonyl (C=O) groups excluding carboxylic acids is 4. The molecule has 0 unspecified atom stereocenters. The second-order valence-corrected chi connectivity index (χ2v) is 9.61. The minimum atomic E-state index is -0.553. The maximum atomic E-state index is 12.8. The molecule has 0 atom stereocenters. The number of Topliss-reactive ketones (excluding diaryl/α,β-unsaturated/α-hetero) is 1. The van der Waals surface area contributed by atoms with Gasteiger partial charge in [0.2, 0.25) is 0 Å². The lowest BCUT2D eigenvalue weighted by molar-refractivity contribution is -0.135. The number of carbonyl (C=O) groups is 4. The lowest BCUT2D eigenvalue weighted by atomic mass is 10.0. The van der Waals surface area contributed by atoms with Crippen molar-refractivity contribution in [1.29, 1.82) is 0 Å². The predicted molar refractivity (Wildman–Crippen MR) is 147 cm³/mol. The van der Waals surface area contributed by atoms with E-state index in [1.165, 1.54) is 76.6 Å². The van der Waals surface area contributed by atoms with E-state index in [2.05, 4.69) is 6.92 Å². The fourth-order valence-corrected chi connectivity index (χ4v) is 4.18. The zero-order valence-corrected chi connectivity index (χ0v) is 23.3. The van der Waals surface area contributed by atoms with Crippen LogP contribution < -0.4 is 14.2 Å². The maximum absolute atomic E-state index is 12.8. The molecule has 2 aromatic carbocycles. The number of phenolic OH excluding ortho intramolecular Hbond substituents is 1. The Balaban J connectivity index is 1.84. The van der Waals surface area contributed by atoms with Crippen molar-refractivity contribution in [2.24, 2.45) is 0 Å². The van der Waals surface area contributed by atoms with Gasteiger partial charge in [0.05, 0.1) is 5.56 Å². The van der Waals surface area contributed by atoms with Crippen LogP contribution in [0.4, 0.5) is 0 Å². The molecule has 8 heteroatoms. The van der Waals surface area contributed by atoms with Crippen molar-refractivity contribution in [3.63, 3.8) is 0 Å². The number of phenols is 1. The Bertz CT molecular complexity index is 1120. The topological polar surface area (TPSA) is 116 Å². The highest BCUT2D eigenvalue weighted by atomic mass is 16.5. The van der Waals surface area contributed by atoms with Gasteiger partial charge in [0.1, 0.15) is 23.0 Å². The van der Waals surface area contributed by atoms with Crippen molar-refractivity contribution >= 4 is 23.7 Å². The average molecular weight is 541 g/mol. The number of aryl methyl sites for hydroxylation is 1. The minimum absolute atomic E-state index is 0.0203. The van der Waals surface area contributed by atoms with Gasteiger partial charge < -0.3 is 19.3 Å². The lowest BCUT2D eigenvalue weighted by Crippen LogP contribution is -2.09. The average Bonchev–Trinajstić information content (AvgIpc) is 2.86. The Hall–Kier alpha value is -3.68. The van der Waals surface area contributed by atoms with Crippen molar-refractivity contribution in [3.05, 3.63) is 47.5 Å². The summed E-state index contributed by atoms with van der Waals surface area (Å²) in [6, 6.07) is 8.75. The fraction of sp³-hybridized carbons (Fsp3) is 0.484. The van der Waals surface area contributed by atoms with Crippen LogP contribution in [0.5, 0.6) is 23.0 Å². The number of rotatable bonds is 17. The van der Waals surface area contributed by atoms with Crippen LogP contribution in [-0.4, -0.2) is 28.8 Å². The smallest absolute Gasteiger partial charge is 0.311 e. The van der Waals surface area contributed by atoms with Crippen LogP contribution in [-0.2, 0) is 20.8 Å². The Morgan fingerprint density at radius 1 is 0.692 bits per heavy atom. The molecule has 2 aromatic rings. The minimum Gasteiger partial charge on any atom is -0.507 e. The molecule has 0 aliphatic rings. The van der Waals surface area contributed by atoms with E-state index in [1.54, 1.807) is 12.1 Å². The number of ketones is 1. The van der Waals surface area contributed by atoms with E-state index in [0.717, 1.165) is 19.3 Å². The van der Waals surface area contributed by atoms with Crippen LogP contribution in [0.1, 0.15) is 107 Å². The molecule has 39 heavy (non-hydrogen) atoms. The van der Waals surface area contributed by atoms with Gasteiger partial charge in [-0.25, -0.2) is 0 Å². The molecule has 0 fully saturated rings. The molecule has 2 rings (SSSR count). The van der Waals surface area contributed by atoms with E-state index >= 15 is 0 Å². The first-order valence-corrected chi connectivity index (χ1v) is 13.8. The summed E-state index contributed by atoms with van der Waals surface area (Å²) in [7, 11) is 0. The van der Waals surface area contributed by atoms with Crippen molar-refractivity contribution < 1.29 is 38.5 Å². The summed E-state index contributed by atoms with van der Waals surface area (Å²) in [4.78, 5) is 47.6. The summed E-state index contributed by atoms with van der Waals surface area (Å²) in [5.41, 5.74) is 0.662. The largest absolute Gasteiger partial charge is 0.507 e. The van der Waals surface area contributed by atoms with Gasteiger partial charge in [-0.3, -0.25) is 19.2 Å². The molecule has 0 saturated carbocycles. The van der Waals surface area contributed by atoms with Crippen LogP contribution in [0, 0.1) is 0 Å². The third-order valence-corrected chi connectivity index (χ3v) is 6.16. The van der Waals surface area contributed by atoms with Crippen molar-refractivity contribution in [2.75, 3.05) is 0 Å². The fourth-order valence-electron chi connectivity index (χ4n) is 4.18. The van der Waals surface area contributed by atoms with E-state index in [0.29, 0.717) is 12.0 Å². The number of aromatic hydroxyl groups is 1. The molecule has 1 N–H and O–H groups in total. The summed E-state index contributed by atoms with van der Waals surface area (Å²) in [5.74, 6) is -1.46. The standard InChI is InChI=1S/C31H40O8/c1-4-5-6-7-8-9-10-11-12-13-31(36)39-25-17-18-27(29(35)20-25)28(34)19-15-24-14-16-26(37-22(2)32)21-30(24)38-23(3)33/h14,16-18,20-21,35H,4-13,15,19H2,1-3H3. The van der Waals surface area contributed by atoms with Gasteiger partial charge in [-0.1, -0.05) is 64.4 Å². The van der Waals surface area contributed by atoms with Gasteiger partial charge in [-0.05, 0) is 36.6 Å². The molecule has 0 heterocycles. The summed E-state index contributed by atoms with van der Waals surface area (Å²) in [6.45, 7) is 4.71. The number of esters is 3. The summed E-state index contributed by atoms with van der Waals surface area (Å²) in [5, 5.41) is 10.4. The van der Waals surface area contributed by atoms with Gasteiger partial charge in [0, 0.05) is 38.8 Å². The number of hydrogen-bond donors (Lipinski definition) is 1. The zero-order valence-electron chi connectivity index (χ0n) is 23.3. The number of hydrogen-bond acceptors (Lipinski definition) is 8. The van der Waals surface area contributed by atoms with Crippen LogP contribution in [0.2, 0.25) is 0 Å². The first kappa shape index (κ1) is 31.5. The molecule has 0 aliphatic heterocycles. The molecule has 0 bridgehead atoms. The second-order valence-electron chi connectivity index (χ2n) is 9.61. The molecule has 0 spiro atoms. The Kier molecular flexibility index (Phi) is 13.8. The van der Waals surface area contributed by atoms with Crippen LogP contribution in [0.3, 0.4) is 0 Å². The summed E-state index contributed by atoms with van der Waals surface area (Å²) < 4.78 is 15.6. The SMILES string of the molecule is CCCCCCCCCCCC(=O)Oc1ccc(C(=O)CCc2ccc(OC(C)=O)cc2OC(C)=O)c(O)c1. The highest BCUT2D eigenvalue weighted by molar-refractivity contribution is 5.99. The molecule has 0 saturated heterocycles. The van der Waals surface area contributed by atoms with Crippen LogP contribution in [0.25, 0.3) is 0 Å².